The highest BCUT2D eigenvalue weighted by Gasteiger charge is 2.05. The van der Waals surface area contributed by atoms with Gasteiger partial charge in [-0.05, 0) is 23.8 Å². The first kappa shape index (κ1) is 15.4. The molecular weight excluding hydrogens is 272 g/mol. The molecule has 0 aliphatic rings. The van der Waals surface area contributed by atoms with E-state index in [2.05, 4.69) is 5.32 Å². The quantitative estimate of drug-likeness (QED) is 0.867. The molecule has 4 heteroatoms. The summed E-state index contributed by atoms with van der Waals surface area (Å²) in [5.74, 6) is -0.281. The highest BCUT2D eigenvalue weighted by atomic mass is 19.1. The molecule has 0 bridgehead atoms. The van der Waals surface area contributed by atoms with Crippen molar-refractivity contribution >= 4 is 0 Å². The fourth-order valence-corrected chi connectivity index (χ4v) is 1.90. The van der Waals surface area contributed by atoms with Gasteiger partial charge >= 0.3 is 0 Å². The normalized spacial score (nSPS) is 10.9. The Morgan fingerprint density at radius 2 is 1.86 bits per heavy atom. The van der Waals surface area contributed by atoms with Crippen LogP contribution < -0.4 is 10.1 Å². The van der Waals surface area contributed by atoms with Gasteiger partial charge < -0.3 is 10.1 Å². The highest BCUT2D eigenvalue weighted by Crippen LogP contribution is 2.19. The SMILES string of the molecule is CC(C)NCc1cc(F)cc(OCc2ccccc2F)c1. The first-order chi connectivity index (χ1) is 10.0. The fraction of sp³-hybridized carbons (Fsp3) is 0.294. The first-order valence-electron chi connectivity index (χ1n) is 6.93. The predicted molar refractivity (Wildman–Crippen MR) is 79.1 cm³/mol. The van der Waals surface area contributed by atoms with E-state index in [4.69, 9.17) is 4.74 Å². The van der Waals surface area contributed by atoms with Crippen molar-refractivity contribution in [3.05, 3.63) is 65.2 Å². The lowest BCUT2D eigenvalue weighted by molar-refractivity contribution is 0.298. The average Bonchev–Trinajstić information content (AvgIpc) is 2.44. The van der Waals surface area contributed by atoms with Gasteiger partial charge in [0.1, 0.15) is 24.0 Å². The van der Waals surface area contributed by atoms with E-state index in [1.807, 2.05) is 13.8 Å². The van der Waals surface area contributed by atoms with Gasteiger partial charge in [0, 0.05) is 24.2 Å². The Balaban J connectivity index is 2.04. The minimum absolute atomic E-state index is 0.0766. The first-order valence-corrected chi connectivity index (χ1v) is 6.93. The van der Waals surface area contributed by atoms with Crippen LogP contribution in [0.3, 0.4) is 0 Å². The summed E-state index contributed by atoms with van der Waals surface area (Å²) in [5, 5.41) is 3.22. The Morgan fingerprint density at radius 3 is 2.57 bits per heavy atom. The third-order valence-corrected chi connectivity index (χ3v) is 3.00. The maximum atomic E-state index is 13.6. The minimum atomic E-state index is -0.360. The van der Waals surface area contributed by atoms with Crippen LogP contribution in [0, 0.1) is 11.6 Å². The van der Waals surface area contributed by atoms with Crippen molar-refractivity contribution in [3.8, 4) is 5.75 Å². The lowest BCUT2D eigenvalue weighted by Gasteiger charge is -2.11. The lowest BCUT2D eigenvalue weighted by atomic mass is 10.2. The van der Waals surface area contributed by atoms with Crippen LogP contribution in [0.25, 0.3) is 0 Å². The fourth-order valence-electron chi connectivity index (χ4n) is 1.90. The molecule has 2 aromatic rings. The van der Waals surface area contributed by atoms with Crippen molar-refractivity contribution in [2.45, 2.75) is 33.0 Å². The van der Waals surface area contributed by atoms with Crippen LogP contribution in [0.4, 0.5) is 8.78 Å². The van der Waals surface area contributed by atoms with Crippen LogP contribution in [0.2, 0.25) is 0 Å². The van der Waals surface area contributed by atoms with Gasteiger partial charge in [-0.2, -0.15) is 0 Å². The number of hydrogen-bond donors (Lipinski definition) is 1. The maximum absolute atomic E-state index is 13.6. The highest BCUT2D eigenvalue weighted by molar-refractivity contribution is 5.30. The van der Waals surface area contributed by atoms with E-state index in [-0.39, 0.29) is 18.2 Å². The maximum Gasteiger partial charge on any atom is 0.129 e. The molecule has 0 atom stereocenters. The van der Waals surface area contributed by atoms with Gasteiger partial charge in [-0.3, -0.25) is 0 Å². The van der Waals surface area contributed by atoms with Crippen molar-refractivity contribution in [3.63, 3.8) is 0 Å². The molecule has 2 aromatic carbocycles. The summed E-state index contributed by atoms with van der Waals surface area (Å²) < 4.78 is 32.6. The summed E-state index contributed by atoms with van der Waals surface area (Å²) in [6, 6.07) is 11.2. The van der Waals surface area contributed by atoms with Crippen molar-refractivity contribution < 1.29 is 13.5 Å². The molecule has 0 spiro atoms. The molecule has 0 amide bonds. The van der Waals surface area contributed by atoms with E-state index >= 15 is 0 Å². The zero-order valence-electron chi connectivity index (χ0n) is 12.2. The Bertz CT molecular complexity index is 599. The standard InChI is InChI=1S/C17H19F2NO/c1-12(2)20-10-13-7-15(18)9-16(8-13)21-11-14-5-3-4-6-17(14)19/h3-9,12,20H,10-11H2,1-2H3. The van der Waals surface area contributed by atoms with Crippen LogP contribution in [0.15, 0.2) is 42.5 Å². The van der Waals surface area contributed by atoms with E-state index in [1.54, 1.807) is 24.3 Å². The van der Waals surface area contributed by atoms with E-state index in [1.165, 1.54) is 18.2 Å². The summed E-state index contributed by atoms with van der Waals surface area (Å²) in [6.07, 6.45) is 0. The Hall–Kier alpha value is -1.94. The number of ether oxygens (including phenoxy) is 1. The number of nitrogens with one attached hydrogen (secondary N) is 1. The van der Waals surface area contributed by atoms with Crippen LogP contribution in [-0.4, -0.2) is 6.04 Å². The van der Waals surface area contributed by atoms with Crippen LogP contribution in [-0.2, 0) is 13.2 Å². The van der Waals surface area contributed by atoms with Crippen LogP contribution >= 0.6 is 0 Å². The molecule has 112 valence electrons. The zero-order valence-corrected chi connectivity index (χ0v) is 12.2. The summed E-state index contributed by atoms with van der Waals surface area (Å²) in [5.41, 5.74) is 1.25. The van der Waals surface area contributed by atoms with Crippen molar-refractivity contribution in [2.24, 2.45) is 0 Å². The number of rotatable bonds is 6. The second kappa shape index (κ2) is 7.18. The van der Waals surface area contributed by atoms with Gasteiger partial charge in [0.15, 0.2) is 0 Å². The molecule has 21 heavy (non-hydrogen) atoms. The molecule has 0 heterocycles. The molecule has 0 unspecified atom stereocenters. The molecule has 2 rings (SSSR count). The number of halogens is 2. The van der Waals surface area contributed by atoms with E-state index in [9.17, 15) is 8.78 Å². The Morgan fingerprint density at radius 1 is 1.10 bits per heavy atom. The molecule has 1 N–H and O–H groups in total. The van der Waals surface area contributed by atoms with Gasteiger partial charge in [0.2, 0.25) is 0 Å². The van der Waals surface area contributed by atoms with E-state index in [0.29, 0.717) is 23.9 Å². The molecule has 0 aromatic heterocycles. The lowest BCUT2D eigenvalue weighted by Crippen LogP contribution is -2.21. The van der Waals surface area contributed by atoms with Gasteiger partial charge in [-0.1, -0.05) is 32.0 Å². The largest absolute Gasteiger partial charge is 0.489 e. The van der Waals surface area contributed by atoms with Crippen molar-refractivity contribution in [1.29, 1.82) is 0 Å². The minimum Gasteiger partial charge on any atom is -0.489 e. The summed E-state index contributed by atoms with van der Waals surface area (Å²) in [7, 11) is 0. The zero-order chi connectivity index (χ0) is 15.2. The van der Waals surface area contributed by atoms with Gasteiger partial charge in [0.05, 0.1) is 0 Å². The third kappa shape index (κ3) is 4.83. The van der Waals surface area contributed by atoms with Gasteiger partial charge in [-0.15, -0.1) is 0 Å². The predicted octanol–water partition coefficient (Wildman–Crippen LogP) is 4.04. The monoisotopic (exact) mass is 291 g/mol. The molecule has 0 radical (unpaired) electrons. The van der Waals surface area contributed by atoms with Crippen LogP contribution in [0.5, 0.6) is 5.75 Å². The number of hydrogen-bond acceptors (Lipinski definition) is 2. The molecule has 0 saturated heterocycles. The molecular formula is C17H19F2NO. The molecule has 0 saturated carbocycles. The van der Waals surface area contributed by atoms with E-state index in [0.717, 1.165) is 5.56 Å². The summed E-state index contributed by atoms with van der Waals surface area (Å²) in [4.78, 5) is 0. The third-order valence-electron chi connectivity index (χ3n) is 3.00. The number of benzene rings is 2. The Labute approximate surface area is 123 Å². The topological polar surface area (TPSA) is 21.3 Å². The van der Waals surface area contributed by atoms with Gasteiger partial charge in [0.25, 0.3) is 0 Å². The molecule has 0 fully saturated rings. The van der Waals surface area contributed by atoms with Crippen molar-refractivity contribution in [2.75, 3.05) is 0 Å². The van der Waals surface area contributed by atoms with E-state index < -0.39 is 0 Å². The molecule has 0 aliphatic heterocycles. The van der Waals surface area contributed by atoms with Crippen LogP contribution in [0.1, 0.15) is 25.0 Å². The molecule has 2 nitrogen and oxygen atoms in total. The Kier molecular flexibility index (Phi) is 5.28. The second-order valence-electron chi connectivity index (χ2n) is 5.21. The van der Waals surface area contributed by atoms with Gasteiger partial charge in [-0.25, -0.2) is 8.78 Å². The summed E-state index contributed by atoms with van der Waals surface area (Å²) >= 11 is 0. The van der Waals surface area contributed by atoms with Crippen molar-refractivity contribution in [1.82, 2.24) is 5.32 Å². The molecule has 0 aliphatic carbocycles. The summed E-state index contributed by atoms with van der Waals surface area (Å²) in [6.45, 7) is 4.68. The second-order valence-corrected chi connectivity index (χ2v) is 5.21. The smallest absolute Gasteiger partial charge is 0.129 e. The average molecular weight is 291 g/mol.